The minimum absolute atomic E-state index is 0.0973. The van der Waals surface area contributed by atoms with Crippen molar-refractivity contribution in [1.29, 1.82) is 0 Å². The molecule has 0 aliphatic heterocycles. The molecule has 5 heteroatoms. The Hall–Kier alpha value is -1.10. The molecule has 0 heterocycles. The molecule has 0 unspecified atom stereocenters. The molecular weight excluding hydrogens is 326 g/mol. The van der Waals surface area contributed by atoms with Gasteiger partial charge in [0.2, 0.25) is 11.8 Å². The molecule has 26 heavy (non-hydrogen) atoms. The van der Waals surface area contributed by atoms with E-state index in [0.29, 0.717) is 13.1 Å². The van der Waals surface area contributed by atoms with Crippen LogP contribution in [0.15, 0.2) is 0 Å². The minimum atomic E-state index is -0.322. The fourth-order valence-corrected chi connectivity index (χ4v) is 1.74. The fraction of sp³-hybridized carbons (Fsp3) is 0.905. The molecule has 0 radical (unpaired) electrons. The van der Waals surface area contributed by atoms with E-state index in [1.807, 2.05) is 69.2 Å². The molecule has 0 aromatic heterocycles. The van der Waals surface area contributed by atoms with Gasteiger partial charge >= 0.3 is 0 Å². The molecule has 158 valence electrons. The molecule has 0 saturated carbocycles. The second-order valence-corrected chi connectivity index (χ2v) is 8.02. The Labute approximate surface area is 163 Å². The topological polar surface area (TPSA) is 61.4 Å². The molecular formula is C21H47N3O2. The van der Waals surface area contributed by atoms with E-state index in [9.17, 15) is 9.59 Å². The normalized spacial score (nSPS) is 10.9. The van der Waals surface area contributed by atoms with Crippen LogP contribution in [0.1, 0.15) is 82.1 Å². The molecule has 0 aliphatic rings. The predicted molar refractivity (Wildman–Crippen MR) is 114 cm³/mol. The molecule has 0 bridgehead atoms. The summed E-state index contributed by atoms with van der Waals surface area (Å²) >= 11 is 0. The van der Waals surface area contributed by atoms with Gasteiger partial charge in [0.1, 0.15) is 0 Å². The zero-order chi connectivity index (χ0) is 21.4. The van der Waals surface area contributed by atoms with Crippen molar-refractivity contribution in [1.82, 2.24) is 15.5 Å². The number of rotatable bonds is 8. The summed E-state index contributed by atoms with van der Waals surface area (Å²) in [6.07, 6.45) is 1.87. The van der Waals surface area contributed by atoms with Crippen LogP contribution in [0.25, 0.3) is 0 Å². The van der Waals surface area contributed by atoms with Crippen molar-refractivity contribution < 1.29 is 9.59 Å². The van der Waals surface area contributed by atoms with Gasteiger partial charge in [-0.2, -0.15) is 0 Å². The van der Waals surface area contributed by atoms with Gasteiger partial charge in [0.15, 0.2) is 0 Å². The quantitative estimate of drug-likeness (QED) is 0.630. The lowest BCUT2D eigenvalue weighted by Gasteiger charge is -2.20. The highest BCUT2D eigenvalue weighted by molar-refractivity contribution is 5.81. The summed E-state index contributed by atoms with van der Waals surface area (Å²) < 4.78 is 0. The van der Waals surface area contributed by atoms with Gasteiger partial charge in [0.25, 0.3) is 0 Å². The summed E-state index contributed by atoms with van der Waals surface area (Å²) in [7, 11) is 2.07. The zero-order valence-electron chi connectivity index (χ0n) is 19.5. The van der Waals surface area contributed by atoms with E-state index in [2.05, 4.69) is 22.6 Å². The van der Waals surface area contributed by atoms with Crippen LogP contribution in [0.5, 0.6) is 0 Å². The van der Waals surface area contributed by atoms with Gasteiger partial charge in [-0.15, -0.1) is 0 Å². The van der Waals surface area contributed by atoms with E-state index in [-0.39, 0.29) is 22.6 Å². The maximum absolute atomic E-state index is 11.7. The Bertz CT molecular complexity index is 321. The van der Waals surface area contributed by atoms with Gasteiger partial charge in [-0.3, -0.25) is 9.59 Å². The number of carbonyl (C=O) groups excluding carboxylic acids is 2. The summed E-state index contributed by atoms with van der Waals surface area (Å²) in [5.41, 5.74) is -0.645. The van der Waals surface area contributed by atoms with Gasteiger partial charge in [0.05, 0.1) is 0 Å². The lowest BCUT2D eigenvalue weighted by atomic mass is 9.96. The van der Waals surface area contributed by atoms with Crippen LogP contribution in [0, 0.1) is 10.8 Å². The zero-order valence-corrected chi connectivity index (χ0v) is 19.5. The van der Waals surface area contributed by atoms with Crippen molar-refractivity contribution >= 4 is 11.8 Å². The average molecular weight is 374 g/mol. The third-order valence-electron chi connectivity index (χ3n) is 3.37. The fourth-order valence-electron chi connectivity index (χ4n) is 1.74. The largest absolute Gasteiger partial charge is 0.356 e. The molecule has 0 saturated heterocycles. The summed E-state index contributed by atoms with van der Waals surface area (Å²) in [5, 5.41) is 5.91. The molecule has 2 N–H and O–H groups in total. The second-order valence-electron chi connectivity index (χ2n) is 8.02. The highest BCUT2D eigenvalue weighted by Gasteiger charge is 2.21. The van der Waals surface area contributed by atoms with Crippen molar-refractivity contribution in [2.45, 2.75) is 82.1 Å². The number of amides is 2. The molecule has 0 aliphatic carbocycles. The molecule has 0 aromatic carbocycles. The third-order valence-corrected chi connectivity index (χ3v) is 3.37. The van der Waals surface area contributed by atoms with Crippen molar-refractivity contribution in [3.63, 3.8) is 0 Å². The molecule has 0 rings (SSSR count). The van der Waals surface area contributed by atoms with E-state index < -0.39 is 0 Å². The molecule has 0 atom stereocenters. The van der Waals surface area contributed by atoms with E-state index in [1.165, 1.54) is 0 Å². The molecule has 5 nitrogen and oxygen atoms in total. The number of hydrogen-bond acceptors (Lipinski definition) is 3. The Morgan fingerprint density at radius 1 is 0.692 bits per heavy atom. The third kappa shape index (κ3) is 17.7. The Kier molecular flexibility index (Phi) is 18.4. The first-order chi connectivity index (χ1) is 11.9. The van der Waals surface area contributed by atoms with Gasteiger partial charge < -0.3 is 15.5 Å². The highest BCUT2D eigenvalue weighted by atomic mass is 16.2. The van der Waals surface area contributed by atoms with Crippen molar-refractivity contribution in [3.05, 3.63) is 0 Å². The average Bonchev–Trinajstić information content (AvgIpc) is 2.57. The van der Waals surface area contributed by atoms with Gasteiger partial charge in [-0.05, 0) is 33.0 Å². The monoisotopic (exact) mass is 373 g/mol. The van der Waals surface area contributed by atoms with E-state index >= 15 is 0 Å². The van der Waals surface area contributed by atoms with Crippen LogP contribution in [0.4, 0.5) is 0 Å². The number of nitrogens with zero attached hydrogens (tertiary/aromatic N) is 1. The second kappa shape index (κ2) is 16.1. The Morgan fingerprint density at radius 3 is 1.19 bits per heavy atom. The van der Waals surface area contributed by atoms with Crippen LogP contribution in [-0.4, -0.2) is 49.9 Å². The van der Waals surface area contributed by atoms with E-state index in [0.717, 1.165) is 25.9 Å². The standard InChI is InChI=1S/C17H35N3O2.2C2H6/c1-16(2,3)14(21)18-10-8-12-20(7)13-9-11-19-15(22)17(4,5)6;2*1-2/h8-13H2,1-7H3,(H,18,21)(H,19,22);2*1-2H3. The number of hydrogen-bond donors (Lipinski definition) is 2. The van der Waals surface area contributed by atoms with Gasteiger partial charge in [-0.25, -0.2) is 0 Å². The first-order valence-corrected chi connectivity index (χ1v) is 10.2. The molecule has 0 spiro atoms. The molecule has 0 fully saturated rings. The Balaban J connectivity index is -0.00000123. The Morgan fingerprint density at radius 2 is 0.962 bits per heavy atom. The van der Waals surface area contributed by atoms with Gasteiger partial charge in [0, 0.05) is 23.9 Å². The molecule has 0 aromatic rings. The van der Waals surface area contributed by atoms with Crippen LogP contribution in [0.3, 0.4) is 0 Å². The first-order valence-electron chi connectivity index (χ1n) is 10.2. The SMILES string of the molecule is CC.CC.CN(CCCNC(=O)C(C)(C)C)CCCNC(=O)C(C)(C)C. The smallest absolute Gasteiger partial charge is 0.225 e. The number of nitrogens with one attached hydrogen (secondary N) is 2. The van der Waals surface area contributed by atoms with Crippen LogP contribution < -0.4 is 10.6 Å². The maximum atomic E-state index is 11.7. The van der Waals surface area contributed by atoms with Crippen molar-refractivity contribution in [2.75, 3.05) is 33.2 Å². The summed E-state index contributed by atoms with van der Waals surface area (Å²) in [6, 6.07) is 0. The minimum Gasteiger partial charge on any atom is -0.356 e. The first kappa shape index (κ1) is 29.7. The van der Waals surface area contributed by atoms with E-state index in [4.69, 9.17) is 0 Å². The number of carbonyl (C=O) groups is 2. The highest BCUT2D eigenvalue weighted by Crippen LogP contribution is 2.12. The van der Waals surface area contributed by atoms with Crippen LogP contribution in [0.2, 0.25) is 0 Å². The van der Waals surface area contributed by atoms with Crippen LogP contribution in [-0.2, 0) is 9.59 Å². The predicted octanol–water partition coefficient (Wildman–Crippen LogP) is 4.08. The maximum Gasteiger partial charge on any atom is 0.225 e. The molecule has 2 amide bonds. The summed E-state index contributed by atoms with van der Waals surface area (Å²) in [4.78, 5) is 25.6. The lowest BCUT2D eigenvalue weighted by Crippen LogP contribution is -2.37. The summed E-state index contributed by atoms with van der Waals surface area (Å²) in [6.45, 7) is 22.8. The van der Waals surface area contributed by atoms with E-state index in [1.54, 1.807) is 0 Å². The van der Waals surface area contributed by atoms with Crippen molar-refractivity contribution in [2.24, 2.45) is 10.8 Å². The van der Waals surface area contributed by atoms with Crippen molar-refractivity contribution in [3.8, 4) is 0 Å². The summed E-state index contributed by atoms with van der Waals surface area (Å²) in [5.74, 6) is 0.195. The van der Waals surface area contributed by atoms with Crippen LogP contribution >= 0.6 is 0 Å². The van der Waals surface area contributed by atoms with Gasteiger partial charge in [-0.1, -0.05) is 69.2 Å². The lowest BCUT2D eigenvalue weighted by molar-refractivity contribution is -0.129.